The van der Waals surface area contributed by atoms with Gasteiger partial charge in [-0.15, -0.1) is 0 Å². The van der Waals surface area contributed by atoms with Crippen LogP contribution in [0.4, 0.5) is 0 Å². The number of hydrogen-bond donors (Lipinski definition) is 1. The van der Waals surface area contributed by atoms with Gasteiger partial charge >= 0.3 is 5.97 Å². The Morgan fingerprint density at radius 3 is 2.60 bits per heavy atom. The molecule has 0 aromatic rings. The second kappa shape index (κ2) is 8.10. The average molecular weight is 415 g/mol. The minimum Gasteiger partial charge on any atom is -0.481 e. The summed E-state index contributed by atoms with van der Waals surface area (Å²) in [7, 11) is 0. The lowest BCUT2D eigenvalue weighted by atomic mass is 9.47. The van der Waals surface area contributed by atoms with E-state index in [1.54, 1.807) is 0 Å². The highest BCUT2D eigenvalue weighted by molar-refractivity contribution is 5.94. The maximum absolute atomic E-state index is 13.4. The van der Waals surface area contributed by atoms with E-state index in [9.17, 15) is 9.59 Å². The standard InChI is InChI=1S/C27H42O3/c1-17(8-7-9-18(2)25(29)30)20-11-12-21-24-22(13-15-27(20,21)4)26(3)14-6-5-10-19(26)16-23(24)28/h16-18,20-22,24H,5-15H2,1-4H3,(H,29,30)/t17-,18?,20-,21+,22+,24+,26+,27-/m1/s1. The first-order chi connectivity index (χ1) is 14.2. The summed E-state index contributed by atoms with van der Waals surface area (Å²) in [6, 6.07) is 0. The molecule has 3 saturated carbocycles. The summed E-state index contributed by atoms with van der Waals surface area (Å²) >= 11 is 0. The molecule has 3 nitrogen and oxygen atoms in total. The normalized spacial score (nSPS) is 42.5. The predicted molar refractivity (Wildman–Crippen MR) is 120 cm³/mol. The predicted octanol–water partition coefficient (Wildman–Crippen LogP) is 6.66. The third kappa shape index (κ3) is 3.48. The Morgan fingerprint density at radius 2 is 1.87 bits per heavy atom. The van der Waals surface area contributed by atoms with E-state index in [1.165, 1.54) is 50.5 Å². The van der Waals surface area contributed by atoms with E-state index in [4.69, 9.17) is 5.11 Å². The zero-order chi connectivity index (χ0) is 21.7. The number of carboxylic acids is 1. The van der Waals surface area contributed by atoms with Crippen molar-refractivity contribution < 1.29 is 14.7 Å². The lowest BCUT2D eigenvalue weighted by Crippen LogP contribution is -2.53. The van der Waals surface area contributed by atoms with Crippen molar-refractivity contribution in [2.75, 3.05) is 0 Å². The van der Waals surface area contributed by atoms with Crippen molar-refractivity contribution in [2.45, 2.75) is 98.3 Å². The molecular formula is C27H42O3. The molecule has 1 N–H and O–H groups in total. The lowest BCUT2D eigenvalue weighted by molar-refractivity contribution is -0.141. The van der Waals surface area contributed by atoms with Crippen LogP contribution < -0.4 is 0 Å². The van der Waals surface area contributed by atoms with Crippen molar-refractivity contribution in [3.05, 3.63) is 11.6 Å². The fraction of sp³-hybridized carbons (Fsp3) is 0.852. The minimum atomic E-state index is -0.673. The highest BCUT2D eigenvalue weighted by Crippen LogP contribution is 2.66. The molecule has 0 saturated heterocycles. The van der Waals surface area contributed by atoms with E-state index in [1.807, 2.05) is 6.92 Å². The van der Waals surface area contributed by atoms with Crippen molar-refractivity contribution in [2.24, 2.45) is 46.3 Å². The van der Waals surface area contributed by atoms with Gasteiger partial charge in [0, 0.05) is 5.92 Å². The Labute approximate surface area is 183 Å². The number of hydrogen-bond acceptors (Lipinski definition) is 2. The van der Waals surface area contributed by atoms with Crippen LogP contribution in [0, 0.1) is 46.3 Å². The molecule has 0 spiro atoms. The topological polar surface area (TPSA) is 54.4 Å². The summed E-state index contributed by atoms with van der Waals surface area (Å²) in [5.41, 5.74) is 2.03. The summed E-state index contributed by atoms with van der Waals surface area (Å²) in [4.78, 5) is 24.5. The van der Waals surface area contributed by atoms with E-state index in [-0.39, 0.29) is 22.7 Å². The monoisotopic (exact) mass is 414 g/mol. The van der Waals surface area contributed by atoms with Crippen LogP contribution >= 0.6 is 0 Å². The molecule has 0 aromatic heterocycles. The van der Waals surface area contributed by atoms with Gasteiger partial charge in [0.15, 0.2) is 5.78 Å². The van der Waals surface area contributed by atoms with Crippen molar-refractivity contribution in [3.8, 4) is 0 Å². The smallest absolute Gasteiger partial charge is 0.306 e. The molecule has 8 atom stereocenters. The summed E-state index contributed by atoms with van der Waals surface area (Å²) in [6.07, 6.45) is 14.9. The zero-order valence-electron chi connectivity index (χ0n) is 19.6. The maximum atomic E-state index is 13.4. The zero-order valence-corrected chi connectivity index (χ0v) is 19.6. The van der Waals surface area contributed by atoms with Gasteiger partial charge < -0.3 is 5.11 Å². The number of carbonyl (C=O) groups excluding carboxylic acids is 1. The number of allylic oxidation sites excluding steroid dienone is 2. The first kappa shape index (κ1) is 22.1. The number of carbonyl (C=O) groups is 2. The fourth-order valence-electron chi connectivity index (χ4n) is 8.48. The molecule has 30 heavy (non-hydrogen) atoms. The van der Waals surface area contributed by atoms with Gasteiger partial charge in [-0.05, 0) is 91.9 Å². The summed E-state index contributed by atoms with van der Waals surface area (Å²) < 4.78 is 0. The van der Waals surface area contributed by atoms with Gasteiger partial charge in [-0.1, -0.05) is 52.5 Å². The number of rotatable bonds is 6. The van der Waals surface area contributed by atoms with Gasteiger partial charge in [0.05, 0.1) is 5.92 Å². The third-order valence-electron chi connectivity index (χ3n) is 10.3. The molecule has 4 aliphatic carbocycles. The highest BCUT2D eigenvalue weighted by Gasteiger charge is 2.60. The number of fused-ring (bicyclic) bond motifs is 5. The van der Waals surface area contributed by atoms with Gasteiger partial charge in [-0.2, -0.15) is 0 Å². The summed E-state index contributed by atoms with van der Waals surface area (Å²) in [5.74, 6) is 2.20. The first-order valence-corrected chi connectivity index (χ1v) is 12.7. The molecule has 0 aliphatic heterocycles. The van der Waals surface area contributed by atoms with Crippen LogP contribution in [0.15, 0.2) is 11.6 Å². The van der Waals surface area contributed by atoms with Crippen LogP contribution in [0.3, 0.4) is 0 Å². The Morgan fingerprint density at radius 1 is 1.10 bits per heavy atom. The molecule has 0 aromatic carbocycles. The Hall–Kier alpha value is -1.12. The Kier molecular flexibility index (Phi) is 5.96. The number of aliphatic carboxylic acids is 1. The molecule has 3 heteroatoms. The maximum Gasteiger partial charge on any atom is 0.306 e. The molecule has 168 valence electrons. The fourth-order valence-corrected chi connectivity index (χ4v) is 8.48. The second-order valence-electron chi connectivity index (χ2n) is 11.8. The van der Waals surface area contributed by atoms with E-state index in [0.29, 0.717) is 29.5 Å². The molecule has 4 aliphatic rings. The summed E-state index contributed by atoms with van der Waals surface area (Å²) in [5, 5.41) is 9.16. The quantitative estimate of drug-likeness (QED) is 0.528. The minimum absolute atomic E-state index is 0.239. The van der Waals surface area contributed by atoms with E-state index < -0.39 is 5.97 Å². The molecule has 1 unspecified atom stereocenters. The van der Waals surface area contributed by atoms with Crippen molar-refractivity contribution >= 4 is 11.8 Å². The van der Waals surface area contributed by atoms with Crippen LogP contribution in [0.1, 0.15) is 98.3 Å². The lowest BCUT2D eigenvalue weighted by Gasteiger charge is -2.57. The van der Waals surface area contributed by atoms with Crippen molar-refractivity contribution in [3.63, 3.8) is 0 Å². The average Bonchev–Trinajstić information content (AvgIpc) is 3.05. The summed E-state index contributed by atoms with van der Waals surface area (Å²) in [6.45, 7) is 9.18. The van der Waals surface area contributed by atoms with Crippen molar-refractivity contribution in [1.29, 1.82) is 0 Å². The van der Waals surface area contributed by atoms with Gasteiger partial charge in [0.2, 0.25) is 0 Å². The van der Waals surface area contributed by atoms with E-state index in [0.717, 1.165) is 25.7 Å². The first-order valence-electron chi connectivity index (χ1n) is 12.7. The van der Waals surface area contributed by atoms with Gasteiger partial charge in [0.25, 0.3) is 0 Å². The Bertz CT molecular complexity index is 724. The van der Waals surface area contributed by atoms with Crippen molar-refractivity contribution in [1.82, 2.24) is 0 Å². The molecule has 0 heterocycles. The van der Waals surface area contributed by atoms with Gasteiger partial charge in [0.1, 0.15) is 0 Å². The second-order valence-corrected chi connectivity index (χ2v) is 11.8. The molecule has 0 amide bonds. The molecule has 0 radical (unpaired) electrons. The molecule has 0 bridgehead atoms. The van der Waals surface area contributed by atoms with Crippen LogP contribution in [0.25, 0.3) is 0 Å². The number of ketones is 1. The molecular weight excluding hydrogens is 372 g/mol. The number of carboxylic acid groups (broad SMARTS) is 1. The SMILES string of the molecule is CC(CCC[C@@H](C)[C@H]1CC[C@H]2[C@@H]3C(=O)C=C4CCCC[C@]4(C)[C@H]3CC[C@]12C)C(=O)O. The van der Waals surface area contributed by atoms with Crippen LogP contribution in [0.2, 0.25) is 0 Å². The third-order valence-corrected chi connectivity index (χ3v) is 10.3. The van der Waals surface area contributed by atoms with Gasteiger partial charge in [-0.3, -0.25) is 9.59 Å². The largest absolute Gasteiger partial charge is 0.481 e. The molecule has 4 rings (SSSR count). The van der Waals surface area contributed by atoms with E-state index in [2.05, 4.69) is 26.8 Å². The van der Waals surface area contributed by atoms with Crippen LogP contribution in [0.5, 0.6) is 0 Å². The highest BCUT2D eigenvalue weighted by atomic mass is 16.4. The van der Waals surface area contributed by atoms with Gasteiger partial charge in [-0.25, -0.2) is 0 Å². The van der Waals surface area contributed by atoms with E-state index >= 15 is 0 Å². The van der Waals surface area contributed by atoms with Crippen LogP contribution in [-0.4, -0.2) is 16.9 Å². The van der Waals surface area contributed by atoms with Crippen LogP contribution in [-0.2, 0) is 9.59 Å². The molecule has 3 fully saturated rings. The Balaban J connectivity index is 1.49.